The van der Waals surface area contributed by atoms with Crippen molar-refractivity contribution in [2.24, 2.45) is 0 Å². The number of nitrogens with zero attached hydrogens (tertiary/aromatic N) is 1. The van der Waals surface area contributed by atoms with Crippen LogP contribution in [0.2, 0.25) is 10.0 Å². The van der Waals surface area contributed by atoms with Crippen LogP contribution in [0.15, 0.2) is 36.4 Å². The van der Waals surface area contributed by atoms with Crippen molar-refractivity contribution >= 4 is 46.5 Å². The monoisotopic (exact) mass is 452 g/mol. The topological polar surface area (TPSA) is 98.5 Å². The lowest BCUT2D eigenvalue weighted by Gasteiger charge is -2.12. The van der Waals surface area contributed by atoms with E-state index in [1.165, 1.54) is 30.3 Å². The van der Waals surface area contributed by atoms with Crippen molar-refractivity contribution in [1.82, 2.24) is 0 Å². The molecule has 0 aromatic heterocycles. The van der Waals surface area contributed by atoms with E-state index in [2.05, 4.69) is 12.2 Å². The van der Waals surface area contributed by atoms with Gasteiger partial charge in [0, 0.05) is 23.6 Å². The molecule has 1 amide bonds. The van der Waals surface area contributed by atoms with Crippen molar-refractivity contribution in [3.8, 4) is 5.75 Å². The highest BCUT2D eigenvalue weighted by Crippen LogP contribution is 2.29. The van der Waals surface area contributed by atoms with Crippen LogP contribution < -0.4 is 10.1 Å². The number of nitrogens with one attached hydrogen (secondary N) is 1. The second-order valence-electron chi connectivity index (χ2n) is 6.65. The fourth-order valence-corrected chi connectivity index (χ4v) is 3.12. The van der Waals surface area contributed by atoms with Crippen LogP contribution in [0.25, 0.3) is 0 Å². The number of anilines is 1. The first kappa shape index (κ1) is 23.6. The number of benzene rings is 2. The van der Waals surface area contributed by atoms with Gasteiger partial charge in [0.2, 0.25) is 0 Å². The number of unbranched alkanes of at least 4 members (excludes halogenated alkanes) is 4. The van der Waals surface area contributed by atoms with Crippen LogP contribution in [0.1, 0.15) is 55.8 Å². The molecule has 0 atom stereocenters. The van der Waals surface area contributed by atoms with Crippen molar-refractivity contribution in [1.29, 1.82) is 0 Å². The number of ether oxygens (including phenoxy) is 1. The first-order valence-electron chi connectivity index (χ1n) is 9.57. The maximum absolute atomic E-state index is 12.7. The van der Waals surface area contributed by atoms with Crippen LogP contribution in [0.5, 0.6) is 5.75 Å². The third-order valence-corrected chi connectivity index (χ3v) is 4.85. The molecule has 160 valence electrons. The number of rotatable bonds is 10. The number of non-ortho nitro benzene ring substituents is 1. The first-order chi connectivity index (χ1) is 14.3. The normalized spacial score (nSPS) is 10.5. The quantitative estimate of drug-likeness (QED) is 0.147. The molecule has 7 nitrogen and oxygen atoms in total. The van der Waals surface area contributed by atoms with Crippen LogP contribution >= 0.6 is 23.2 Å². The molecule has 9 heteroatoms. The van der Waals surface area contributed by atoms with E-state index in [1.54, 1.807) is 0 Å². The van der Waals surface area contributed by atoms with E-state index in [-0.39, 0.29) is 39.2 Å². The highest BCUT2D eigenvalue weighted by molar-refractivity contribution is 6.34. The molecule has 0 saturated heterocycles. The number of nitro benzene ring substituents is 1. The van der Waals surface area contributed by atoms with E-state index in [1.807, 2.05) is 0 Å². The zero-order valence-corrected chi connectivity index (χ0v) is 18.0. The third-order valence-electron chi connectivity index (χ3n) is 4.31. The van der Waals surface area contributed by atoms with Gasteiger partial charge in [0.15, 0.2) is 0 Å². The number of hydrogen-bond acceptors (Lipinski definition) is 5. The van der Waals surface area contributed by atoms with E-state index in [4.69, 9.17) is 27.9 Å². The van der Waals surface area contributed by atoms with Crippen LogP contribution in [-0.4, -0.2) is 16.8 Å². The van der Waals surface area contributed by atoms with E-state index < -0.39 is 16.8 Å². The molecule has 0 saturated carbocycles. The average Bonchev–Trinajstić information content (AvgIpc) is 2.70. The smallest absolute Gasteiger partial charge is 0.311 e. The van der Waals surface area contributed by atoms with Crippen molar-refractivity contribution < 1.29 is 19.2 Å². The Hall–Kier alpha value is -2.64. The summed E-state index contributed by atoms with van der Waals surface area (Å²) in [6.45, 7) is 2.12. The predicted molar refractivity (Wildman–Crippen MR) is 117 cm³/mol. The second kappa shape index (κ2) is 11.5. The molecular weight excluding hydrogens is 431 g/mol. The highest BCUT2D eigenvalue weighted by atomic mass is 35.5. The summed E-state index contributed by atoms with van der Waals surface area (Å²) in [5.74, 6) is -0.969. The fraction of sp³-hybridized carbons (Fsp3) is 0.333. The van der Waals surface area contributed by atoms with Gasteiger partial charge in [-0.25, -0.2) is 0 Å². The molecular formula is C21H22Cl2N2O5. The summed E-state index contributed by atoms with van der Waals surface area (Å²) < 4.78 is 5.37. The number of amides is 1. The summed E-state index contributed by atoms with van der Waals surface area (Å²) in [4.78, 5) is 35.1. The standard InChI is InChI=1S/C21H22Cl2N2O5/c1-2-3-4-5-6-7-20(26)30-19-11-8-14(22)12-16(19)21(27)24-18-10-9-15(25(28)29)13-17(18)23/h8-13H,2-7H2,1H3,(H,24,27). The number of nitro groups is 1. The lowest BCUT2D eigenvalue weighted by molar-refractivity contribution is -0.384. The van der Waals surface area contributed by atoms with Gasteiger partial charge >= 0.3 is 5.97 Å². The maximum atomic E-state index is 12.7. The molecule has 2 rings (SSSR count). The molecule has 0 spiro atoms. The zero-order valence-electron chi connectivity index (χ0n) is 16.5. The summed E-state index contributed by atoms with van der Waals surface area (Å²) >= 11 is 12.0. The number of hydrogen-bond donors (Lipinski definition) is 1. The van der Waals surface area contributed by atoms with Crippen LogP contribution in [0, 0.1) is 10.1 Å². The predicted octanol–water partition coefficient (Wildman–Crippen LogP) is 6.42. The summed E-state index contributed by atoms with van der Waals surface area (Å²) in [6, 6.07) is 8.02. The Bertz CT molecular complexity index is 934. The zero-order chi connectivity index (χ0) is 22.1. The number of carbonyl (C=O) groups is 2. The number of halogens is 2. The van der Waals surface area contributed by atoms with Gasteiger partial charge in [-0.2, -0.15) is 0 Å². The minimum absolute atomic E-state index is 0.00482. The molecule has 2 aromatic rings. The summed E-state index contributed by atoms with van der Waals surface area (Å²) in [6.07, 6.45) is 5.21. The Morgan fingerprint density at radius 3 is 2.47 bits per heavy atom. The van der Waals surface area contributed by atoms with Gasteiger partial charge < -0.3 is 10.1 Å². The van der Waals surface area contributed by atoms with Gasteiger partial charge in [0.25, 0.3) is 11.6 Å². The third kappa shape index (κ3) is 7.00. The van der Waals surface area contributed by atoms with E-state index >= 15 is 0 Å². The Balaban J connectivity index is 2.09. The maximum Gasteiger partial charge on any atom is 0.311 e. The van der Waals surface area contributed by atoms with Crippen LogP contribution in [0.4, 0.5) is 11.4 Å². The van der Waals surface area contributed by atoms with Crippen molar-refractivity contribution in [3.05, 3.63) is 62.1 Å². The van der Waals surface area contributed by atoms with Gasteiger partial charge in [-0.05, 0) is 30.7 Å². The Labute approximate surface area is 184 Å². The molecule has 30 heavy (non-hydrogen) atoms. The SMILES string of the molecule is CCCCCCCC(=O)Oc1ccc(Cl)cc1C(=O)Nc1ccc([N+](=O)[O-])cc1Cl. The Kier molecular flexibility index (Phi) is 9.08. The highest BCUT2D eigenvalue weighted by Gasteiger charge is 2.18. The van der Waals surface area contributed by atoms with Crippen molar-refractivity contribution in [2.75, 3.05) is 5.32 Å². The van der Waals surface area contributed by atoms with Crippen LogP contribution in [-0.2, 0) is 4.79 Å². The second-order valence-corrected chi connectivity index (χ2v) is 7.50. The van der Waals surface area contributed by atoms with Crippen LogP contribution in [0.3, 0.4) is 0 Å². The molecule has 0 heterocycles. The lowest BCUT2D eigenvalue weighted by atomic mass is 10.1. The van der Waals surface area contributed by atoms with Gasteiger partial charge in [0.1, 0.15) is 5.75 Å². The van der Waals surface area contributed by atoms with E-state index in [0.717, 1.165) is 31.7 Å². The molecule has 0 fully saturated rings. The summed E-state index contributed by atoms with van der Waals surface area (Å²) in [5, 5.41) is 13.7. The summed E-state index contributed by atoms with van der Waals surface area (Å²) in [5.41, 5.74) is 0.0333. The Morgan fingerprint density at radius 1 is 1.07 bits per heavy atom. The van der Waals surface area contributed by atoms with E-state index in [0.29, 0.717) is 6.42 Å². The average molecular weight is 453 g/mol. The lowest BCUT2D eigenvalue weighted by Crippen LogP contribution is -2.16. The Morgan fingerprint density at radius 2 is 1.80 bits per heavy atom. The molecule has 0 aliphatic rings. The van der Waals surface area contributed by atoms with E-state index in [9.17, 15) is 19.7 Å². The number of carbonyl (C=O) groups excluding carboxylic acids is 2. The molecule has 0 aliphatic carbocycles. The van der Waals surface area contributed by atoms with Gasteiger partial charge in [-0.15, -0.1) is 0 Å². The van der Waals surface area contributed by atoms with Gasteiger partial charge in [-0.3, -0.25) is 19.7 Å². The molecule has 2 aromatic carbocycles. The molecule has 0 bridgehead atoms. The molecule has 0 unspecified atom stereocenters. The fourth-order valence-electron chi connectivity index (χ4n) is 2.72. The molecule has 0 aliphatic heterocycles. The number of esters is 1. The minimum Gasteiger partial charge on any atom is -0.426 e. The van der Waals surface area contributed by atoms with Crippen molar-refractivity contribution in [3.63, 3.8) is 0 Å². The first-order valence-corrected chi connectivity index (χ1v) is 10.3. The summed E-state index contributed by atoms with van der Waals surface area (Å²) in [7, 11) is 0. The minimum atomic E-state index is -0.612. The van der Waals surface area contributed by atoms with Crippen molar-refractivity contribution in [2.45, 2.75) is 45.4 Å². The molecule has 0 radical (unpaired) electrons. The van der Waals surface area contributed by atoms with Gasteiger partial charge in [-0.1, -0.05) is 55.8 Å². The largest absolute Gasteiger partial charge is 0.426 e. The van der Waals surface area contributed by atoms with Gasteiger partial charge in [0.05, 0.1) is 21.2 Å². The molecule has 1 N–H and O–H groups in total.